The molecule has 0 spiro atoms. The average Bonchev–Trinajstić information content (AvgIpc) is 3.01. The summed E-state index contributed by atoms with van der Waals surface area (Å²) < 4.78 is 4.72. The van der Waals surface area contributed by atoms with Crippen LogP contribution in [0.15, 0.2) is 35.7 Å². The van der Waals surface area contributed by atoms with Gasteiger partial charge in [0.05, 0.1) is 29.6 Å². The van der Waals surface area contributed by atoms with Crippen molar-refractivity contribution in [3.63, 3.8) is 0 Å². The highest BCUT2D eigenvalue weighted by molar-refractivity contribution is 7.12. The highest BCUT2D eigenvalue weighted by Gasteiger charge is 2.18. The summed E-state index contributed by atoms with van der Waals surface area (Å²) in [6.07, 6.45) is 0. The van der Waals surface area contributed by atoms with Crippen LogP contribution in [-0.4, -0.2) is 24.0 Å². The number of carbonyl (C=O) groups is 2. The molecule has 5 nitrogen and oxygen atoms in total. The summed E-state index contributed by atoms with van der Waals surface area (Å²) in [6.45, 7) is 3.79. The Morgan fingerprint density at radius 2 is 1.96 bits per heavy atom. The van der Waals surface area contributed by atoms with Gasteiger partial charge in [-0.25, -0.2) is 4.79 Å². The number of esters is 1. The molecule has 0 fully saturated rings. The van der Waals surface area contributed by atoms with E-state index in [0.717, 1.165) is 16.5 Å². The average molecular weight is 340 g/mol. The van der Waals surface area contributed by atoms with Gasteiger partial charge in [-0.1, -0.05) is 11.6 Å². The maximum atomic E-state index is 12.6. The number of anilines is 1. The number of fused-ring (bicyclic) bond motifs is 1. The summed E-state index contributed by atoms with van der Waals surface area (Å²) in [6, 6.07) is 9.42. The number of nitrogens with zero attached hydrogens (tertiary/aromatic N) is 1. The smallest absolute Gasteiger partial charge is 0.350 e. The number of pyridine rings is 1. The zero-order valence-electron chi connectivity index (χ0n) is 13.5. The number of hydrogen-bond donors (Lipinski definition) is 1. The van der Waals surface area contributed by atoms with Gasteiger partial charge >= 0.3 is 5.97 Å². The van der Waals surface area contributed by atoms with Gasteiger partial charge < -0.3 is 10.1 Å². The highest BCUT2D eigenvalue weighted by Crippen LogP contribution is 2.25. The minimum Gasteiger partial charge on any atom is -0.465 e. The van der Waals surface area contributed by atoms with Crippen molar-refractivity contribution in [3.05, 3.63) is 57.4 Å². The molecule has 0 aliphatic carbocycles. The first-order chi connectivity index (χ1) is 11.5. The Bertz CT molecular complexity index is 947. The van der Waals surface area contributed by atoms with Crippen LogP contribution >= 0.6 is 11.3 Å². The van der Waals surface area contributed by atoms with E-state index in [0.29, 0.717) is 21.8 Å². The molecule has 3 aromatic rings. The number of methoxy groups -OCH3 is 1. The molecule has 0 aliphatic rings. The summed E-state index contributed by atoms with van der Waals surface area (Å²) in [5.41, 5.74) is 3.51. The summed E-state index contributed by atoms with van der Waals surface area (Å²) in [5.74, 6) is -0.767. The van der Waals surface area contributed by atoms with Crippen LogP contribution in [0, 0.1) is 13.8 Å². The largest absolute Gasteiger partial charge is 0.465 e. The van der Waals surface area contributed by atoms with Crippen LogP contribution in [0.4, 0.5) is 5.69 Å². The van der Waals surface area contributed by atoms with Gasteiger partial charge in [0.2, 0.25) is 0 Å². The van der Waals surface area contributed by atoms with E-state index in [1.165, 1.54) is 18.4 Å². The van der Waals surface area contributed by atoms with Gasteiger partial charge in [0.25, 0.3) is 5.91 Å². The van der Waals surface area contributed by atoms with Crippen molar-refractivity contribution in [1.82, 2.24) is 4.98 Å². The highest BCUT2D eigenvalue weighted by atomic mass is 32.1. The maximum Gasteiger partial charge on any atom is 0.350 e. The summed E-state index contributed by atoms with van der Waals surface area (Å²) in [4.78, 5) is 29.2. The normalized spacial score (nSPS) is 10.6. The minimum atomic E-state index is -0.468. The lowest BCUT2D eigenvalue weighted by Crippen LogP contribution is -2.15. The van der Waals surface area contributed by atoms with Gasteiger partial charge in [-0.3, -0.25) is 9.78 Å². The third-order valence-electron chi connectivity index (χ3n) is 3.69. The Hall–Kier alpha value is -2.73. The van der Waals surface area contributed by atoms with Crippen LogP contribution in [0.1, 0.15) is 31.3 Å². The topological polar surface area (TPSA) is 68.3 Å². The van der Waals surface area contributed by atoms with E-state index in [1.807, 2.05) is 31.2 Å². The monoisotopic (exact) mass is 340 g/mol. The number of ether oxygens (including phenoxy) is 1. The van der Waals surface area contributed by atoms with Crippen LogP contribution in [0.5, 0.6) is 0 Å². The molecule has 3 rings (SSSR count). The van der Waals surface area contributed by atoms with E-state index in [2.05, 4.69) is 10.3 Å². The molecule has 0 aliphatic heterocycles. The second kappa shape index (κ2) is 6.41. The maximum absolute atomic E-state index is 12.6. The van der Waals surface area contributed by atoms with E-state index in [-0.39, 0.29) is 5.91 Å². The van der Waals surface area contributed by atoms with Crippen LogP contribution in [0.2, 0.25) is 0 Å². The molecular formula is C18H16N2O3S. The molecule has 122 valence electrons. The Labute approximate surface area is 143 Å². The second-order valence-corrected chi connectivity index (χ2v) is 6.34. The van der Waals surface area contributed by atoms with Gasteiger partial charge in [0.1, 0.15) is 4.88 Å². The predicted octanol–water partition coefficient (Wildman–Crippen LogP) is 3.95. The van der Waals surface area contributed by atoms with Gasteiger partial charge in [-0.15, -0.1) is 11.3 Å². The lowest BCUT2D eigenvalue weighted by Gasteiger charge is -2.09. The second-order valence-electron chi connectivity index (χ2n) is 5.43. The number of amides is 1. The van der Waals surface area contributed by atoms with Crippen LogP contribution in [-0.2, 0) is 4.74 Å². The summed E-state index contributed by atoms with van der Waals surface area (Å²) in [7, 11) is 1.31. The molecule has 0 atom stereocenters. The number of benzene rings is 1. The van der Waals surface area contributed by atoms with Gasteiger partial charge in [0, 0.05) is 5.39 Å². The Morgan fingerprint density at radius 1 is 1.17 bits per heavy atom. The number of carbonyl (C=O) groups excluding carboxylic acids is 2. The Morgan fingerprint density at radius 3 is 2.71 bits per heavy atom. The molecule has 1 aromatic carbocycles. The number of aryl methyl sites for hydroxylation is 2. The fraction of sp³-hybridized carbons (Fsp3) is 0.167. The van der Waals surface area contributed by atoms with Crippen molar-refractivity contribution in [1.29, 1.82) is 0 Å². The molecule has 6 heteroatoms. The first-order valence-corrected chi connectivity index (χ1v) is 8.22. The predicted molar refractivity (Wildman–Crippen MR) is 94.8 cm³/mol. The zero-order chi connectivity index (χ0) is 17.3. The van der Waals surface area contributed by atoms with Gasteiger partial charge in [-0.05, 0) is 43.5 Å². The van der Waals surface area contributed by atoms with Crippen molar-refractivity contribution in [2.75, 3.05) is 12.4 Å². The number of aromatic nitrogens is 1. The van der Waals surface area contributed by atoms with Gasteiger partial charge in [0.15, 0.2) is 0 Å². The third-order valence-corrected chi connectivity index (χ3v) is 4.58. The molecule has 1 amide bonds. The number of hydrogen-bond acceptors (Lipinski definition) is 5. The van der Waals surface area contributed by atoms with Crippen molar-refractivity contribution < 1.29 is 14.3 Å². The minimum absolute atomic E-state index is 0.299. The van der Waals surface area contributed by atoms with Crippen LogP contribution in [0.3, 0.4) is 0 Å². The molecule has 0 saturated carbocycles. The molecule has 2 aromatic heterocycles. The standard InChI is InChI=1S/C18H16N2O3S/c1-10-4-5-14-12(8-10)9-13(11(2)19-14)17(21)20-15-6-7-24-16(15)18(22)23-3/h4-9H,1-3H3,(H,20,21). The van der Waals surface area contributed by atoms with Crippen molar-refractivity contribution >= 4 is 39.8 Å². The SMILES string of the molecule is COC(=O)c1sccc1NC(=O)c1cc2cc(C)ccc2nc1C. The first kappa shape index (κ1) is 16.1. The molecule has 0 saturated heterocycles. The fourth-order valence-electron chi connectivity index (χ4n) is 2.47. The van der Waals surface area contributed by atoms with E-state index in [9.17, 15) is 9.59 Å². The number of nitrogens with one attached hydrogen (secondary N) is 1. The van der Waals surface area contributed by atoms with Crippen molar-refractivity contribution in [2.45, 2.75) is 13.8 Å². The molecule has 0 bridgehead atoms. The Balaban J connectivity index is 1.96. The van der Waals surface area contributed by atoms with E-state index in [1.54, 1.807) is 18.4 Å². The van der Waals surface area contributed by atoms with Gasteiger partial charge in [-0.2, -0.15) is 0 Å². The zero-order valence-corrected chi connectivity index (χ0v) is 14.4. The quantitative estimate of drug-likeness (QED) is 0.733. The summed E-state index contributed by atoms with van der Waals surface area (Å²) >= 11 is 1.22. The molecule has 24 heavy (non-hydrogen) atoms. The third kappa shape index (κ3) is 3.00. The first-order valence-electron chi connectivity index (χ1n) is 7.35. The molecular weight excluding hydrogens is 324 g/mol. The van der Waals surface area contributed by atoms with Crippen LogP contribution < -0.4 is 5.32 Å². The van der Waals surface area contributed by atoms with Crippen LogP contribution in [0.25, 0.3) is 10.9 Å². The fourth-order valence-corrected chi connectivity index (χ4v) is 3.24. The molecule has 0 radical (unpaired) electrons. The lowest BCUT2D eigenvalue weighted by molar-refractivity contribution is 0.0607. The Kier molecular flexibility index (Phi) is 4.31. The van der Waals surface area contributed by atoms with E-state index in [4.69, 9.17) is 4.74 Å². The van der Waals surface area contributed by atoms with Crippen molar-refractivity contribution in [3.8, 4) is 0 Å². The molecule has 1 N–H and O–H groups in total. The van der Waals surface area contributed by atoms with Crippen molar-refractivity contribution in [2.24, 2.45) is 0 Å². The summed E-state index contributed by atoms with van der Waals surface area (Å²) in [5, 5.41) is 5.41. The number of rotatable bonds is 3. The van der Waals surface area contributed by atoms with E-state index >= 15 is 0 Å². The lowest BCUT2D eigenvalue weighted by atomic mass is 10.1. The molecule has 2 heterocycles. The van der Waals surface area contributed by atoms with E-state index < -0.39 is 5.97 Å². The number of thiophene rings is 1. The molecule has 0 unspecified atom stereocenters.